The highest BCUT2D eigenvalue weighted by Gasteiger charge is 1.90. The Balaban J connectivity index is 0. The van der Waals surface area contributed by atoms with Crippen LogP contribution in [0, 0.1) is 5.41 Å². The summed E-state index contributed by atoms with van der Waals surface area (Å²) < 4.78 is 20.3. The van der Waals surface area contributed by atoms with Crippen LogP contribution in [0.2, 0.25) is 0 Å². The normalized spacial score (nSPS) is 8.00. The first-order chi connectivity index (χ1) is 4.54. The van der Waals surface area contributed by atoms with Crippen LogP contribution in [0.15, 0.2) is 24.0 Å². The average molecular weight is 161 g/mol. The van der Waals surface area contributed by atoms with Gasteiger partial charge < -0.3 is 0 Å². The van der Waals surface area contributed by atoms with E-state index in [9.17, 15) is 8.42 Å². The van der Waals surface area contributed by atoms with Gasteiger partial charge in [-0.3, -0.25) is 0 Å². The molecule has 0 saturated carbocycles. The van der Waals surface area contributed by atoms with E-state index in [2.05, 4.69) is 13.2 Å². The molecular weight excluding hydrogens is 154 g/mol. The van der Waals surface area contributed by atoms with Gasteiger partial charge in [0.15, 0.2) is 9.84 Å². The van der Waals surface area contributed by atoms with E-state index in [1.165, 1.54) is 0 Å². The minimum Gasteiger partial charge on any atom is -0.222 e. The molecule has 56 valence electrons. The van der Waals surface area contributed by atoms with E-state index >= 15 is 0 Å². The van der Waals surface area contributed by atoms with Gasteiger partial charge in [-0.25, -0.2) is 18.6 Å². The fourth-order valence-electron chi connectivity index (χ4n) is 0.0680. The van der Waals surface area contributed by atoms with Crippen LogP contribution < -0.4 is 0 Å². The molecule has 0 saturated heterocycles. The Kier molecular flexibility index (Phi) is 6.88. The van der Waals surface area contributed by atoms with Gasteiger partial charge in [-0.1, -0.05) is 13.2 Å². The highest BCUT2D eigenvalue weighted by Crippen LogP contribution is 1.87. The Bertz CT molecular complexity index is 220. The van der Waals surface area contributed by atoms with Crippen molar-refractivity contribution in [3.05, 3.63) is 24.0 Å². The maximum absolute atomic E-state index is 10.1. The first-order valence-corrected chi connectivity index (χ1v) is 3.68. The summed E-state index contributed by atoms with van der Waals surface area (Å²) in [6.07, 6.45) is 0.750. The number of isocyanates is 1. The van der Waals surface area contributed by atoms with Crippen molar-refractivity contribution in [1.29, 1.82) is 5.41 Å². The van der Waals surface area contributed by atoms with Crippen molar-refractivity contribution in [3.63, 3.8) is 0 Å². The zero-order chi connectivity index (χ0) is 8.62. The van der Waals surface area contributed by atoms with Crippen LogP contribution in [-0.4, -0.2) is 14.5 Å². The standard InChI is InChI=1S/C4H6O2S.CHNO/c1-3-7(5,6)4-2;2-1-3/h3-4H,1-2H2;2H. The van der Waals surface area contributed by atoms with Crippen molar-refractivity contribution >= 4 is 15.9 Å². The highest BCUT2D eigenvalue weighted by molar-refractivity contribution is 7.97. The Hall–Kier alpha value is -1.19. The average Bonchev–Trinajstić information content (AvgIpc) is 1.90. The van der Waals surface area contributed by atoms with E-state index in [4.69, 9.17) is 10.2 Å². The Morgan fingerprint density at radius 1 is 1.30 bits per heavy atom. The summed E-state index contributed by atoms with van der Waals surface area (Å²) in [6.45, 7) is 6.09. The lowest BCUT2D eigenvalue weighted by molar-refractivity contribution is 0.562. The zero-order valence-electron chi connectivity index (χ0n) is 5.20. The van der Waals surface area contributed by atoms with Gasteiger partial charge in [0.2, 0.25) is 6.08 Å². The minimum atomic E-state index is -3.13. The first kappa shape index (κ1) is 11.6. The summed E-state index contributed by atoms with van der Waals surface area (Å²) >= 11 is 0. The molecule has 1 N–H and O–H groups in total. The molecule has 0 bridgehead atoms. The SMILES string of the molecule is C=CS(=O)(=O)C=C.N=C=O. The molecule has 0 amide bonds. The van der Waals surface area contributed by atoms with E-state index < -0.39 is 9.84 Å². The van der Waals surface area contributed by atoms with Crippen molar-refractivity contribution in [2.45, 2.75) is 0 Å². The van der Waals surface area contributed by atoms with Crippen LogP contribution in [0.5, 0.6) is 0 Å². The van der Waals surface area contributed by atoms with Gasteiger partial charge in [0.1, 0.15) is 0 Å². The van der Waals surface area contributed by atoms with Crippen molar-refractivity contribution in [3.8, 4) is 0 Å². The van der Waals surface area contributed by atoms with Gasteiger partial charge >= 0.3 is 0 Å². The van der Waals surface area contributed by atoms with Gasteiger partial charge in [0, 0.05) is 10.8 Å². The summed E-state index contributed by atoms with van der Waals surface area (Å²) in [7, 11) is -3.13. The predicted molar refractivity (Wildman–Crippen MR) is 37.7 cm³/mol. The van der Waals surface area contributed by atoms with Crippen molar-refractivity contribution in [2.24, 2.45) is 0 Å². The molecule has 0 fully saturated rings. The predicted octanol–water partition coefficient (Wildman–Crippen LogP) is 0.589. The molecule has 0 aliphatic heterocycles. The van der Waals surface area contributed by atoms with Gasteiger partial charge in [-0.15, -0.1) is 0 Å². The third-order valence-corrected chi connectivity index (χ3v) is 1.39. The Morgan fingerprint density at radius 3 is 1.50 bits per heavy atom. The molecule has 0 aromatic heterocycles. The van der Waals surface area contributed by atoms with E-state index in [0.717, 1.165) is 16.9 Å². The fourth-order valence-corrected chi connectivity index (χ4v) is 0.204. The topological polar surface area (TPSA) is 75.1 Å². The third kappa shape index (κ3) is 9.94. The first-order valence-electron chi connectivity index (χ1n) is 2.08. The second-order valence-corrected chi connectivity index (χ2v) is 2.87. The Morgan fingerprint density at radius 2 is 1.50 bits per heavy atom. The minimum absolute atomic E-state index is 0.750. The molecular formula is C5H7NO3S. The van der Waals surface area contributed by atoms with Crippen LogP contribution in [0.4, 0.5) is 0 Å². The number of hydrogen-bond donors (Lipinski definition) is 1. The maximum atomic E-state index is 10.1. The molecule has 0 spiro atoms. The molecule has 0 rings (SSSR count). The smallest absolute Gasteiger partial charge is 0.222 e. The van der Waals surface area contributed by atoms with E-state index in [1.807, 2.05) is 0 Å². The number of nitrogens with one attached hydrogen (secondary N) is 1. The molecule has 0 unspecified atom stereocenters. The molecule has 5 heteroatoms. The summed E-state index contributed by atoms with van der Waals surface area (Å²) in [5.41, 5.74) is 0. The van der Waals surface area contributed by atoms with E-state index in [1.54, 1.807) is 0 Å². The molecule has 0 radical (unpaired) electrons. The number of rotatable bonds is 2. The lowest BCUT2D eigenvalue weighted by atomic mass is 11.3. The van der Waals surface area contributed by atoms with Crippen LogP contribution >= 0.6 is 0 Å². The summed E-state index contributed by atoms with van der Waals surface area (Å²) in [4.78, 5) is 8.35. The van der Waals surface area contributed by atoms with Gasteiger partial charge in [-0.2, -0.15) is 0 Å². The molecule has 0 aliphatic carbocycles. The van der Waals surface area contributed by atoms with E-state index in [0.29, 0.717) is 0 Å². The number of hydrogen-bond acceptors (Lipinski definition) is 4. The van der Waals surface area contributed by atoms with Crippen LogP contribution in [0.3, 0.4) is 0 Å². The lowest BCUT2D eigenvalue weighted by Gasteiger charge is -1.78. The molecule has 4 nitrogen and oxygen atoms in total. The van der Waals surface area contributed by atoms with Crippen LogP contribution in [0.1, 0.15) is 0 Å². The molecule has 0 aromatic rings. The second kappa shape index (κ2) is 5.94. The summed E-state index contributed by atoms with van der Waals surface area (Å²) in [5.74, 6) is 0. The monoisotopic (exact) mass is 161 g/mol. The van der Waals surface area contributed by atoms with E-state index in [-0.39, 0.29) is 0 Å². The third-order valence-electron chi connectivity index (χ3n) is 0.465. The van der Waals surface area contributed by atoms with Gasteiger partial charge in [0.05, 0.1) is 0 Å². The van der Waals surface area contributed by atoms with Crippen LogP contribution in [0.25, 0.3) is 0 Å². The lowest BCUT2D eigenvalue weighted by Crippen LogP contribution is -1.83. The molecule has 0 atom stereocenters. The molecule has 0 aliphatic rings. The van der Waals surface area contributed by atoms with Crippen molar-refractivity contribution in [2.75, 3.05) is 0 Å². The zero-order valence-corrected chi connectivity index (χ0v) is 6.02. The Labute approximate surface area is 59.3 Å². The van der Waals surface area contributed by atoms with Gasteiger partial charge in [0.25, 0.3) is 0 Å². The quantitative estimate of drug-likeness (QED) is 0.475. The number of sulfone groups is 1. The second-order valence-electron chi connectivity index (χ2n) is 1.02. The summed E-state index contributed by atoms with van der Waals surface area (Å²) in [6, 6.07) is 0. The van der Waals surface area contributed by atoms with Crippen molar-refractivity contribution in [1.82, 2.24) is 0 Å². The molecule has 0 heterocycles. The largest absolute Gasteiger partial charge is 0.231 e. The van der Waals surface area contributed by atoms with Crippen LogP contribution in [-0.2, 0) is 14.6 Å². The van der Waals surface area contributed by atoms with Gasteiger partial charge in [-0.05, 0) is 0 Å². The number of carbonyl (C=O) groups excluding carboxylic acids is 1. The molecule has 10 heavy (non-hydrogen) atoms. The fraction of sp³-hybridized carbons (Fsp3) is 0. The van der Waals surface area contributed by atoms with Crippen molar-refractivity contribution < 1.29 is 13.2 Å². The summed E-state index contributed by atoms with van der Waals surface area (Å²) in [5, 5.41) is 7.10. The maximum Gasteiger partial charge on any atom is 0.231 e. The molecule has 0 aromatic carbocycles. The highest BCUT2D eigenvalue weighted by atomic mass is 32.2.